The largest absolute Gasteiger partial charge is 0.339 e. The van der Waals surface area contributed by atoms with Gasteiger partial charge in [-0.3, -0.25) is 10.1 Å². The van der Waals surface area contributed by atoms with Crippen LogP contribution in [0.2, 0.25) is 0 Å². The molecule has 1 N–H and O–H groups in total. The van der Waals surface area contributed by atoms with E-state index in [2.05, 4.69) is 10.3 Å². The molecule has 0 radical (unpaired) electrons. The highest BCUT2D eigenvalue weighted by Crippen LogP contribution is 2.27. The molecule has 0 spiro atoms. The number of hydrogen-bond donors (Lipinski definition) is 1. The molecule has 6 heteroatoms. The Morgan fingerprint density at radius 2 is 2.00 bits per heavy atom. The molecule has 4 rings (SSSR count). The second-order valence-corrected chi connectivity index (χ2v) is 6.92. The van der Waals surface area contributed by atoms with Crippen molar-refractivity contribution in [2.45, 2.75) is 0 Å². The number of aromatic nitrogens is 2. The van der Waals surface area contributed by atoms with Crippen LogP contribution in [0, 0.1) is 0 Å². The molecular weight excluding hydrogens is 326 g/mol. The lowest BCUT2D eigenvalue weighted by molar-refractivity contribution is 0.102. The summed E-state index contributed by atoms with van der Waals surface area (Å²) in [6.45, 7) is 0. The van der Waals surface area contributed by atoms with Gasteiger partial charge in [0, 0.05) is 18.0 Å². The third-order valence-electron chi connectivity index (χ3n) is 3.69. The summed E-state index contributed by atoms with van der Waals surface area (Å²) in [6.07, 6.45) is 0. The summed E-state index contributed by atoms with van der Waals surface area (Å²) < 4.78 is 3.02. The van der Waals surface area contributed by atoms with E-state index >= 15 is 0 Å². The van der Waals surface area contributed by atoms with Crippen LogP contribution in [0.25, 0.3) is 21.5 Å². The summed E-state index contributed by atoms with van der Waals surface area (Å²) in [5.74, 6) is -0.134. The molecule has 0 aliphatic rings. The first kappa shape index (κ1) is 14.2. The molecule has 0 saturated heterocycles. The topological polar surface area (TPSA) is 46.9 Å². The molecule has 1 aromatic carbocycles. The molecule has 0 unspecified atom stereocenters. The maximum absolute atomic E-state index is 12.5. The first-order chi connectivity index (χ1) is 11.2. The van der Waals surface area contributed by atoms with Crippen LogP contribution in [0.15, 0.2) is 53.2 Å². The van der Waals surface area contributed by atoms with E-state index in [9.17, 15) is 4.79 Å². The van der Waals surface area contributed by atoms with Crippen LogP contribution >= 0.6 is 22.7 Å². The number of benzene rings is 1. The van der Waals surface area contributed by atoms with Gasteiger partial charge >= 0.3 is 0 Å². The van der Waals surface area contributed by atoms with E-state index in [1.54, 1.807) is 11.3 Å². The fourth-order valence-electron chi connectivity index (χ4n) is 2.50. The molecular formula is C17H13N3OS2. The summed E-state index contributed by atoms with van der Waals surface area (Å²) in [7, 11) is 1.90. The van der Waals surface area contributed by atoms with Crippen molar-refractivity contribution < 1.29 is 4.79 Å². The number of rotatable bonds is 3. The Labute approximate surface area is 141 Å². The molecule has 3 heterocycles. The Morgan fingerprint density at radius 3 is 2.78 bits per heavy atom. The molecule has 4 aromatic rings. The number of amides is 1. The molecule has 23 heavy (non-hydrogen) atoms. The van der Waals surface area contributed by atoms with E-state index in [0.717, 1.165) is 21.5 Å². The van der Waals surface area contributed by atoms with Gasteiger partial charge in [-0.1, -0.05) is 30.3 Å². The van der Waals surface area contributed by atoms with E-state index in [-0.39, 0.29) is 5.91 Å². The number of thiophene rings is 1. The monoisotopic (exact) mass is 339 g/mol. The van der Waals surface area contributed by atoms with Gasteiger partial charge in [-0.25, -0.2) is 4.98 Å². The average molecular weight is 339 g/mol. The normalized spacial score (nSPS) is 11.0. The van der Waals surface area contributed by atoms with Gasteiger partial charge < -0.3 is 4.57 Å². The third kappa shape index (κ3) is 2.56. The van der Waals surface area contributed by atoms with Gasteiger partial charge in [0.25, 0.3) is 5.91 Å². The summed E-state index contributed by atoms with van der Waals surface area (Å²) in [5.41, 5.74) is 3.63. The van der Waals surface area contributed by atoms with Gasteiger partial charge in [0.15, 0.2) is 5.13 Å². The van der Waals surface area contributed by atoms with Gasteiger partial charge in [0.1, 0.15) is 5.69 Å². The summed E-state index contributed by atoms with van der Waals surface area (Å²) in [4.78, 5) is 17.0. The number of thiazole rings is 1. The molecule has 1 amide bonds. The fourth-order valence-corrected chi connectivity index (χ4v) is 4.07. The molecule has 0 fully saturated rings. The maximum atomic E-state index is 12.5. The Balaban J connectivity index is 1.58. The van der Waals surface area contributed by atoms with E-state index in [0.29, 0.717) is 10.8 Å². The molecule has 0 aliphatic heterocycles. The van der Waals surface area contributed by atoms with Gasteiger partial charge in [-0.15, -0.1) is 22.7 Å². The van der Waals surface area contributed by atoms with Crippen molar-refractivity contribution in [2.75, 3.05) is 5.32 Å². The SMILES string of the molecule is Cn1c(C(=O)Nc2nc(-c3ccccc3)cs2)cc2sccc21. The standard InChI is InChI=1S/C17H13N3OS2/c1-20-13-7-8-22-15(13)9-14(20)16(21)19-17-18-12(10-23-17)11-5-3-2-4-6-11/h2-10H,1H3,(H,18,19,21). The lowest BCUT2D eigenvalue weighted by Gasteiger charge is -2.03. The highest BCUT2D eigenvalue weighted by atomic mass is 32.1. The molecule has 114 valence electrons. The van der Waals surface area contributed by atoms with Crippen LogP contribution in [-0.4, -0.2) is 15.5 Å². The van der Waals surface area contributed by atoms with Gasteiger partial charge in [-0.05, 0) is 17.5 Å². The van der Waals surface area contributed by atoms with Crippen LogP contribution < -0.4 is 5.32 Å². The zero-order valence-electron chi connectivity index (χ0n) is 12.3. The minimum Gasteiger partial charge on any atom is -0.339 e. The molecule has 0 saturated carbocycles. The Kier molecular flexibility index (Phi) is 3.48. The Morgan fingerprint density at radius 1 is 1.17 bits per heavy atom. The minimum atomic E-state index is -0.134. The number of nitrogens with zero attached hydrogens (tertiary/aromatic N) is 2. The summed E-state index contributed by atoms with van der Waals surface area (Å²) >= 11 is 3.07. The van der Waals surface area contributed by atoms with Crippen LogP contribution in [0.1, 0.15) is 10.5 Å². The predicted molar refractivity (Wildman–Crippen MR) is 96.3 cm³/mol. The second-order valence-electron chi connectivity index (χ2n) is 5.12. The van der Waals surface area contributed by atoms with E-state index in [1.807, 2.05) is 64.8 Å². The Hall–Kier alpha value is -2.44. The molecule has 0 bridgehead atoms. The number of fused-ring (bicyclic) bond motifs is 1. The summed E-state index contributed by atoms with van der Waals surface area (Å²) in [5, 5.41) is 7.48. The van der Waals surface area contributed by atoms with Crippen LogP contribution in [0.4, 0.5) is 5.13 Å². The van der Waals surface area contributed by atoms with Crippen LogP contribution in [0.5, 0.6) is 0 Å². The Bertz CT molecular complexity index is 982. The van der Waals surface area contributed by atoms with E-state index in [4.69, 9.17) is 0 Å². The van der Waals surface area contributed by atoms with Crippen molar-refractivity contribution in [1.82, 2.24) is 9.55 Å². The number of aryl methyl sites for hydroxylation is 1. The van der Waals surface area contributed by atoms with Crippen molar-refractivity contribution in [3.05, 3.63) is 58.9 Å². The molecule has 3 aromatic heterocycles. The van der Waals surface area contributed by atoms with Crippen LogP contribution in [-0.2, 0) is 7.05 Å². The van der Waals surface area contributed by atoms with Crippen molar-refractivity contribution in [2.24, 2.45) is 7.05 Å². The first-order valence-corrected chi connectivity index (χ1v) is 8.83. The zero-order chi connectivity index (χ0) is 15.8. The van der Waals surface area contributed by atoms with E-state index in [1.165, 1.54) is 11.3 Å². The number of hydrogen-bond acceptors (Lipinski definition) is 4. The smallest absolute Gasteiger partial charge is 0.274 e. The molecule has 4 nitrogen and oxygen atoms in total. The number of anilines is 1. The van der Waals surface area contributed by atoms with Crippen molar-refractivity contribution >= 4 is 43.9 Å². The molecule has 0 atom stereocenters. The van der Waals surface area contributed by atoms with Crippen molar-refractivity contribution in [3.8, 4) is 11.3 Å². The lowest BCUT2D eigenvalue weighted by Crippen LogP contribution is -2.15. The minimum absolute atomic E-state index is 0.134. The van der Waals surface area contributed by atoms with Gasteiger partial charge in [0.2, 0.25) is 0 Å². The second kappa shape index (κ2) is 5.64. The number of carbonyl (C=O) groups excluding carboxylic acids is 1. The van der Waals surface area contributed by atoms with Crippen molar-refractivity contribution in [3.63, 3.8) is 0 Å². The third-order valence-corrected chi connectivity index (χ3v) is 5.30. The number of nitrogens with one attached hydrogen (secondary N) is 1. The highest BCUT2D eigenvalue weighted by molar-refractivity contribution is 7.17. The van der Waals surface area contributed by atoms with Gasteiger partial charge in [-0.2, -0.15) is 0 Å². The number of carbonyl (C=O) groups is 1. The highest BCUT2D eigenvalue weighted by Gasteiger charge is 2.15. The maximum Gasteiger partial charge on any atom is 0.274 e. The lowest BCUT2D eigenvalue weighted by atomic mass is 10.2. The average Bonchev–Trinajstić information content (AvgIpc) is 3.26. The first-order valence-electron chi connectivity index (χ1n) is 7.07. The van der Waals surface area contributed by atoms with Crippen LogP contribution in [0.3, 0.4) is 0 Å². The van der Waals surface area contributed by atoms with Crippen molar-refractivity contribution in [1.29, 1.82) is 0 Å². The fraction of sp³-hybridized carbons (Fsp3) is 0.0588. The predicted octanol–water partition coefficient (Wildman–Crippen LogP) is 4.62. The quantitative estimate of drug-likeness (QED) is 0.592. The summed E-state index contributed by atoms with van der Waals surface area (Å²) in [6, 6.07) is 13.9. The van der Waals surface area contributed by atoms with E-state index < -0.39 is 0 Å². The van der Waals surface area contributed by atoms with Gasteiger partial charge in [0.05, 0.1) is 15.9 Å². The zero-order valence-corrected chi connectivity index (χ0v) is 13.9. The molecule has 0 aliphatic carbocycles.